The number of nitrogens with zero attached hydrogens (tertiary/aromatic N) is 1. The molecule has 0 atom stereocenters. The Bertz CT molecular complexity index is 887. The molecule has 4 nitrogen and oxygen atoms in total. The zero-order valence-corrected chi connectivity index (χ0v) is 15.5. The minimum Gasteiger partial charge on any atom is -0.347 e. The van der Waals surface area contributed by atoms with E-state index in [1.807, 2.05) is 36.4 Å². The van der Waals surface area contributed by atoms with E-state index in [-0.39, 0.29) is 5.91 Å². The van der Waals surface area contributed by atoms with Crippen molar-refractivity contribution in [3.8, 4) is 0 Å². The van der Waals surface area contributed by atoms with Crippen molar-refractivity contribution in [2.45, 2.75) is 26.9 Å². The highest BCUT2D eigenvalue weighted by molar-refractivity contribution is 5.94. The highest BCUT2D eigenvalue weighted by Crippen LogP contribution is 2.12. The van der Waals surface area contributed by atoms with E-state index in [1.54, 1.807) is 6.07 Å². The number of hydrogen-bond acceptors (Lipinski definition) is 2. The number of aromatic nitrogens is 1. The molecule has 0 spiro atoms. The fraction of sp³-hybridized carbons (Fsp3) is 0.273. The Kier molecular flexibility index (Phi) is 5.97. The third-order valence-corrected chi connectivity index (χ3v) is 4.83. The first-order chi connectivity index (χ1) is 12.7. The zero-order valence-electron chi connectivity index (χ0n) is 15.5. The maximum Gasteiger partial charge on any atom is 0.270 e. The van der Waals surface area contributed by atoms with Crippen molar-refractivity contribution >= 4 is 16.8 Å². The minimum atomic E-state index is -0.138. The second-order valence-electron chi connectivity index (χ2n) is 6.47. The number of carbonyl (C=O) groups excluding carboxylic acids is 1. The van der Waals surface area contributed by atoms with Gasteiger partial charge in [-0.1, -0.05) is 48.5 Å². The Labute approximate surface area is 154 Å². The van der Waals surface area contributed by atoms with Crippen molar-refractivity contribution in [2.75, 3.05) is 13.1 Å². The smallest absolute Gasteiger partial charge is 0.270 e. The molecule has 2 aromatic carbocycles. The molecule has 0 fully saturated rings. The van der Waals surface area contributed by atoms with Gasteiger partial charge in [-0.3, -0.25) is 4.79 Å². The van der Waals surface area contributed by atoms with E-state index in [2.05, 4.69) is 42.3 Å². The molecule has 0 unspecified atom stereocenters. The number of hydrogen-bond donors (Lipinski definition) is 2. The predicted octanol–water partition coefficient (Wildman–Crippen LogP) is 2.59. The Morgan fingerprint density at radius 2 is 1.62 bits per heavy atom. The fourth-order valence-electron chi connectivity index (χ4n) is 3.13. The van der Waals surface area contributed by atoms with Gasteiger partial charge in [0.05, 0.1) is 18.6 Å². The SMILES string of the molecule is CC[NH+](CC)Cc1ccccc1CNC(=O)c1ccc2ccccc2n1. The molecule has 0 aliphatic rings. The summed E-state index contributed by atoms with van der Waals surface area (Å²) < 4.78 is 0. The lowest BCUT2D eigenvalue weighted by Crippen LogP contribution is -3.10. The molecule has 0 saturated heterocycles. The molecule has 26 heavy (non-hydrogen) atoms. The number of carbonyl (C=O) groups is 1. The van der Waals surface area contributed by atoms with E-state index in [4.69, 9.17) is 0 Å². The van der Waals surface area contributed by atoms with Gasteiger partial charge in [0, 0.05) is 17.5 Å². The van der Waals surface area contributed by atoms with Crippen LogP contribution in [0, 0.1) is 0 Å². The zero-order chi connectivity index (χ0) is 18.4. The summed E-state index contributed by atoms with van der Waals surface area (Å²) in [6.45, 7) is 8.09. The summed E-state index contributed by atoms with van der Waals surface area (Å²) in [6, 6.07) is 19.9. The summed E-state index contributed by atoms with van der Waals surface area (Å²) in [6.07, 6.45) is 0. The first kappa shape index (κ1) is 18.1. The van der Waals surface area contributed by atoms with Gasteiger partial charge >= 0.3 is 0 Å². The van der Waals surface area contributed by atoms with Gasteiger partial charge in [-0.2, -0.15) is 0 Å². The van der Waals surface area contributed by atoms with Gasteiger partial charge in [-0.25, -0.2) is 4.98 Å². The highest BCUT2D eigenvalue weighted by atomic mass is 16.1. The Morgan fingerprint density at radius 3 is 2.38 bits per heavy atom. The fourth-order valence-corrected chi connectivity index (χ4v) is 3.13. The monoisotopic (exact) mass is 348 g/mol. The third-order valence-electron chi connectivity index (χ3n) is 4.83. The summed E-state index contributed by atoms with van der Waals surface area (Å²) in [5.41, 5.74) is 3.75. The molecule has 2 N–H and O–H groups in total. The van der Waals surface area contributed by atoms with Crippen molar-refractivity contribution in [2.24, 2.45) is 0 Å². The number of nitrogens with one attached hydrogen (secondary N) is 2. The van der Waals surface area contributed by atoms with Gasteiger partial charge in [0.1, 0.15) is 12.2 Å². The number of quaternary nitrogens is 1. The van der Waals surface area contributed by atoms with Crippen LogP contribution in [0.15, 0.2) is 60.7 Å². The van der Waals surface area contributed by atoms with Gasteiger partial charge in [0.2, 0.25) is 0 Å². The van der Waals surface area contributed by atoms with Gasteiger partial charge in [0.25, 0.3) is 5.91 Å². The number of fused-ring (bicyclic) bond motifs is 1. The Hall–Kier alpha value is -2.72. The molecule has 134 valence electrons. The molecule has 1 aromatic heterocycles. The average molecular weight is 348 g/mol. The average Bonchev–Trinajstić information content (AvgIpc) is 2.70. The molecular formula is C22H26N3O+. The first-order valence-corrected chi connectivity index (χ1v) is 9.25. The van der Waals surface area contributed by atoms with Crippen LogP contribution in [0.3, 0.4) is 0 Å². The molecule has 0 saturated carbocycles. The van der Waals surface area contributed by atoms with E-state index in [0.29, 0.717) is 12.2 Å². The van der Waals surface area contributed by atoms with Crippen LogP contribution in [0.5, 0.6) is 0 Å². The lowest BCUT2D eigenvalue weighted by molar-refractivity contribution is -0.910. The maximum absolute atomic E-state index is 12.5. The number of para-hydroxylation sites is 1. The van der Waals surface area contributed by atoms with E-state index in [1.165, 1.54) is 16.0 Å². The van der Waals surface area contributed by atoms with E-state index >= 15 is 0 Å². The number of pyridine rings is 1. The van der Waals surface area contributed by atoms with Crippen molar-refractivity contribution in [3.63, 3.8) is 0 Å². The van der Waals surface area contributed by atoms with Gasteiger partial charge in [-0.15, -0.1) is 0 Å². The minimum absolute atomic E-state index is 0.138. The van der Waals surface area contributed by atoms with Crippen molar-refractivity contribution < 1.29 is 9.69 Å². The van der Waals surface area contributed by atoms with Crippen LogP contribution < -0.4 is 10.2 Å². The Balaban J connectivity index is 1.71. The largest absolute Gasteiger partial charge is 0.347 e. The number of amides is 1. The van der Waals surface area contributed by atoms with E-state index in [9.17, 15) is 4.79 Å². The summed E-state index contributed by atoms with van der Waals surface area (Å²) in [5, 5.41) is 4.06. The van der Waals surface area contributed by atoms with Gasteiger partial charge in [0.15, 0.2) is 0 Å². The Morgan fingerprint density at radius 1 is 0.923 bits per heavy atom. The van der Waals surface area contributed by atoms with Crippen LogP contribution in [-0.4, -0.2) is 24.0 Å². The molecule has 1 heterocycles. The van der Waals surface area contributed by atoms with Crippen molar-refractivity contribution in [3.05, 3.63) is 77.5 Å². The topological polar surface area (TPSA) is 46.4 Å². The van der Waals surface area contributed by atoms with Gasteiger partial charge in [-0.05, 0) is 31.5 Å². The van der Waals surface area contributed by atoms with Crippen LogP contribution in [0.25, 0.3) is 10.9 Å². The summed E-state index contributed by atoms with van der Waals surface area (Å²) in [5.74, 6) is -0.138. The summed E-state index contributed by atoms with van der Waals surface area (Å²) >= 11 is 0. The van der Waals surface area contributed by atoms with Crippen LogP contribution in [-0.2, 0) is 13.1 Å². The normalized spacial score (nSPS) is 11.0. The maximum atomic E-state index is 12.5. The molecule has 0 bridgehead atoms. The quantitative estimate of drug-likeness (QED) is 0.689. The standard InChI is InChI=1S/C22H25N3O/c1-3-25(4-2)16-19-11-6-5-10-18(19)15-23-22(26)21-14-13-17-9-7-8-12-20(17)24-21/h5-14H,3-4,15-16H2,1-2H3,(H,23,26)/p+1. The summed E-state index contributed by atoms with van der Waals surface area (Å²) in [4.78, 5) is 18.5. The van der Waals surface area contributed by atoms with E-state index in [0.717, 1.165) is 30.5 Å². The number of rotatable bonds is 7. The number of benzene rings is 2. The highest BCUT2D eigenvalue weighted by Gasteiger charge is 2.12. The van der Waals surface area contributed by atoms with Gasteiger partial charge < -0.3 is 10.2 Å². The molecular weight excluding hydrogens is 322 g/mol. The third kappa shape index (κ3) is 4.27. The van der Waals surface area contributed by atoms with Crippen LogP contribution in [0.1, 0.15) is 35.5 Å². The lowest BCUT2D eigenvalue weighted by Gasteiger charge is -2.18. The molecule has 1 amide bonds. The molecule has 3 rings (SSSR count). The lowest BCUT2D eigenvalue weighted by atomic mass is 10.1. The van der Waals surface area contributed by atoms with Crippen molar-refractivity contribution in [1.82, 2.24) is 10.3 Å². The first-order valence-electron chi connectivity index (χ1n) is 9.25. The molecule has 0 aliphatic heterocycles. The summed E-state index contributed by atoms with van der Waals surface area (Å²) in [7, 11) is 0. The molecule has 0 aliphatic carbocycles. The van der Waals surface area contributed by atoms with Crippen LogP contribution in [0.4, 0.5) is 0 Å². The second kappa shape index (κ2) is 8.59. The molecule has 0 radical (unpaired) electrons. The van der Waals surface area contributed by atoms with Crippen LogP contribution in [0.2, 0.25) is 0 Å². The molecule has 4 heteroatoms. The van der Waals surface area contributed by atoms with Crippen LogP contribution >= 0.6 is 0 Å². The predicted molar refractivity (Wildman–Crippen MR) is 105 cm³/mol. The molecule has 3 aromatic rings. The van der Waals surface area contributed by atoms with Crippen molar-refractivity contribution in [1.29, 1.82) is 0 Å². The van der Waals surface area contributed by atoms with E-state index < -0.39 is 0 Å². The second-order valence-corrected chi connectivity index (χ2v) is 6.47.